The molecule has 2 aromatic rings. The summed E-state index contributed by atoms with van der Waals surface area (Å²) in [7, 11) is 0. The van der Waals surface area contributed by atoms with Gasteiger partial charge in [0.1, 0.15) is 5.75 Å². The minimum absolute atomic E-state index is 0.0902. The van der Waals surface area contributed by atoms with Crippen molar-refractivity contribution in [3.63, 3.8) is 0 Å². The number of hydrogen-bond donors (Lipinski definition) is 2. The number of thiophene rings is 1. The Balaban J connectivity index is 2.12. The number of benzene rings is 1. The van der Waals surface area contributed by atoms with E-state index in [4.69, 9.17) is 11.6 Å². The van der Waals surface area contributed by atoms with Crippen LogP contribution in [-0.2, 0) is 0 Å². The molecule has 1 atom stereocenters. The van der Waals surface area contributed by atoms with E-state index in [9.17, 15) is 9.90 Å². The molecule has 94 valence electrons. The molecule has 18 heavy (non-hydrogen) atoms. The van der Waals surface area contributed by atoms with E-state index >= 15 is 0 Å². The van der Waals surface area contributed by atoms with Crippen molar-refractivity contribution in [2.45, 2.75) is 13.0 Å². The van der Waals surface area contributed by atoms with Crippen LogP contribution in [0.2, 0.25) is 5.02 Å². The molecule has 1 unspecified atom stereocenters. The van der Waals surface area contributed by atoms with Gasteiger partial charge in [-0.3, -0.25) is 4.79 Å². The Morgan fingerprint density at radius 1 is 1.44 bits per heavy atom. The Hall–Kier alpha value is -1.52. The van der Waals surface area contributed by atoms with Crippen molar-refractivity contribution >= 4 is 28.8 Å². The summed E-state index contributed by atoms with van der Waals surface area (Å²) in [5, 5.41) is 14.8. The van der Waals surface area contributed by atoms with Gasteiger partial charge in [-0.15, -0.1) is 11.3 Å². The Morgan fingerprint density at radius 3 is 2.83 bits per heavy atom. The van der Waals surface area contributed by atoms with E-state index in [0.717, 1.165) is 4.88 Å². The summed E-state index contributed by atoms with van der Waals surface area (Å²) >= 11 is 7.30. The summed E-state index contributed by atoms with van der Waals surface area (Å²) in [4.78, 5) is 13.0. The number of aromatic hydroxyl groups is 1. The van der Waals surface area contributed by atoms with E-state index in [2.05, 4.69) is 5.32 Å². The van der Waals surface area contributed by atoms with E-state index in [1.807, 2.05) is 24.4 Å². The van der Waals surface area contributed by atoms with Gasteiger partial charge >= 0.3 is 0 Å². The standard InChI is InChI=1S/C13H12ClNO2S/c1-8(12-3-2-6-18-12)15-13(17)10-5-4-9(14)7-11(10)16/h2-8,16H,1H3,(H,15,17). The van der Waals surface area contributed by atoms with Crippen molar-refractivity contribution in [2.24, 2.45) is 0 Å². The third-order valence-electron chi connectivity index (χ3n) is 2.52. The molecular weight excluding hydrogens is 270 g/mol. The van der Waals surface area contributed by atoms with Crippen LogP contribution in [-0.4, -0.2) is 11.0 Å². The highest BCUT2D eigenvalue weighted by atomic mass is 35.5. The van der Waals surface area contributed by atoms with E-state index in [1.54, 1.807) is 17.4 Å². The van der Waals surface area contributed by atoms with Crippen LogP contribution in [0.25, 0.3) is 0 Å². The van der Waals surface area contributed by atoms with Gasteiger partial charge in [-0.2, -0.15) is 0 Å². The first-order chi connectivity index (χ1) is 8.58. The summed E-state index contributed by atoms with van der Waals surface area (Å²) < 4.78 is 0. The van der Waals surface area contributed by atoms with Crippen LogP contribution in [0.4, 0.5) is 0 Å². The maximum atomic E-state index is 12.0. The lowest BCUT2D eigenvalue weighted by atomic mass is 10.1. The van der Waals surface area contributed by atoms with Gasteiger partial charge in [0.2, 0.25) is 0 Å². The lowest BCUT2D eigenvalue weighted by Gasteiger charge is -2.13. The summed E-state index contributed by atoms with van der Waals surface area (Å²) in [6, 6.07) is 8.24. The van der Waals surface area contributed by atoms with Crippen molar-refractivity contribution in [2.75, 3.05) is 0 Å². The largest absolute Gasteiger partial charge is 0.507 e. The highest BCUT2D eigenvalue weighted by Gasteiger charge is 2.15. The SMILES string of the molecule is CC(NC(=O)c1ccc(Cl)cc1O)c1cccs1. The number of amides is 1. The third kappa shape index (κ3) is 2.83. The lowest BCUT2D eigenvalue weighted by Crippen LogP contribution is -2.26. The average molecular weight is 282 g/mol. The van der Waals surface area contributed by atoms with Gasteiger partial charge in [-0.1, -0.05) is 17.7 Å². The van der Waals surface area contributed by atoms with Crippen LogP contribution in [0.5, 0.6) is 5.75 Å². The zero-order chi connectivity index (χ0) is 13.1. The van der Waals surface area contributed by atoms with Gasteiger partial charge in [-0.05, 0) is 36.6 Å². The third-order valence-corrected chi connectivity index (χ3v) is 3.81. The molecule has 0 aliphatic rings. The van der Waals surface area contributed by atoms with Gasteiger partial charge < -0.3 is 10.4 Å². The average Bonchev–Trinajstić information content (AvgIpc) is 2.81. The van der Waals surface area contributed by atoms with Crippen LogP contribution in [0, 0.1) is 0 Å². The second-order valence-electron chi connectivity index (χ2n) is 3.87. The molecule has 5 heteroatoms. The second-order valence-corrected chi connectivity index (χ2v) is 5.29. The van der Waals surface area contributed by atoms with E-state index < -0.39 is 0 Å². The van der Waals surface area contributed by atoms with Gasteiger partial charge in [0.05, 0.1) is 11.6 Å². The first-order valence-electron chi connectivity index (χ1n) is 5.40. The van der Waals surface area contributed by atoms with Gasteiger partial charge in [-0.25, -0.2) is 0 Å². The second kappa shape index (κ2) is 5.42. The molecule has 3 nitrogen and oxygen atoms in total. The Kier molecular flexibility index (Phi) is 3.89. The van der Waals surface area contributed by atoms with Crippen molar-refractivity contribution in [3.8, 4) is 5.75 Å². The molecule has 0 radical (unpaired) electrons. The van der Waals surface area contributed by atoms with Crippen LogP contribution >= 0.6 is 22.9 Å². The highest BCUT2D eigenvalue weighted by molar-refractivity contribution is 7.10. The van der Waals surface area contributed by atoms with Crippen LogP contribution in [0.3, 0.4) is 0 Å². The number of halogens is 1. The van der Waals surface area contributed by atoms with Crippen molar-refractivity contribution in [3.05, 3.63) is 51.2 Å². The number of phenolic OH excluding ortho intramolecular Hbond substituents is 1. The maximum Gasteiger partial charge on any atom is 0.255 e. The predicted octanol–water partition coefficient (Wildman–Crippen LogP) is 3.60. The Labute approximate surface area is 114 Å². The summed E-state index contributed by atoms with van der Waals surface area (Å²) in [6.45, 7) is 1.90. The molecule has 2 N–H and O–H groups in total. The van der Waals surface area contributed by atoms with Crippen molar-refractivity contribution in [1.29, 1.82) is 0 Å². The van der Waals surface area contributed by atoms with Crippen LogP contribution in [0.1, 0.15) is 28.2 Å². The lowest BCUT2D eigenvalue weighted by molar-refractivity contribution is 0.0938. The Morgan fingerprint density at radius 2 is 2.22 bits per heavy atom. The van der Waals surface area contributed by atoms with E-state index in [1.165, 1.54) is 12.1 Å². The molecule has 2 rings (SSSR count). The first-order valence-corrected chi connectivity index (χ1v) is 6.66. The zero-order valence-corrected chi connectivity index (χ0v) is 11.3. The predicted molar refractivity (Wildman–Crippen MR) is 73.3 cm³/mol. The summed E-state index contributed by atoms with van der Waals surface area (Å²) in [6.07, 6.45) is 0. The normalized spacial score (nSPS) is 12.1. The molecule has 0 aliphatic carbocycles. The number of nitrogens with one attached hydrogen (secondary N) is 1. The van der Waals surface area contributed by atoms with Gasteiger partial charge in [0.15, 0.2) is 0 Å². The fourth-order valence-corrected chi connectivity index (χ4v) is 2.48. The quantitative estimate of drug-likeness (QED) is 0.903. The molecule has 0 bridgehead atoms. The number of phenols is 1. The molecule has 0 spiro atoms. The topological polar surface area (TPSA) is 49.3 Å². The smallest absolute Gasteiger partial charge is 0.255 e. The van der Waals surface area contributed by atoms with E-state index in [0.29, 0.717) is 5.02 Å². The maximum absolute atomic E-state index is 12.0. The highest BCUT2D eigenvalue weighted by Crippen LogP contribution is 2.23. The number of rotatable bonds is 3. The summed E-state index contributed by atoms with van der Waals surface area (Å²) in [5.74, 6) is -0.427. The molecule has 1 amide bonds. The molecule has 0 saturated carbocycles. The zero-order valence-electron chi connectivity index (χ0n) is 9.68. The molecule has 1 aromatic carbocycles. The molecule has 0 aliphatic heterocycles. The molecule has 1 heterocycles. The fraction of sp³-hybridized carbons (Fsp3) is 0.154. The minimum Gasteiger partial charge on any atom is -0.507 e. The summed E-state index contributed by atoms with van der Waals surface area (Å²) in [5.41, 5.74) is 0.225. The molecular formula is C13H12ClNO2S. The fourth-order valence-electron chi connectivity index (χ4n) is 1.58. The van der Waals surface area contributed by atoms with Crippen LogP contribution < -0.4 is 5.32 Å². The Bertz CT molecular complexity index is 554. The molecule has 1 aromatic heterocycles. The number of carbonyl (C=O) groups excluding carboxylic acids is 1. The van der Waals surface area contributed by atoms with Crippen molar-refractivity contribution in [1.82, 2.24) is 5.32 Å². The first kappa shape index (κ1) is 12.9. The van der Waals surface area contributed by atoms with Crippen molar-refractivity contribution < 1.29 is 9.90 Å². The molecule has 0 fully saturated rings. The minimum atomic E-state index is -0.315. The van der Waals surface area contributed by atoms with Crippen LogP contribution in [0.15, 0.2) is 35.7 Å². The molecule has 0 saturated heterocycles. The van der Waals surface area contributed by atoms with Gasteiger partial charge in [0, 0.05) is 9.90 Å². The van der Waals surface area contributed by atoms with Gasteiger partial charge in [0.25, 0.3) is 5.91 Å². The van der Waals surface area contributed by atoms with E-state index in [-0.39, 0.29) is 23.3 Å². The monoisotopic (exact) mass is 281 g/mol. The number of carbonyl (C=O) groups is 1. The number of hydrogen-bond acceptors (Lipinski definition) is 3.